The highest BCUT2D eigenvalue weighted by molar-refractivity contribution is 6.30. The number of halogens is 1. The summed E-state index contributed by atoms with van der Waals surface area (Å²) in [6.07, 6.45) is 3.98. The van der Waals surface area contributed by atoms with E-state index in [9.17, 15) is 9.90 Å². The summed E-state index contributed by atoms with van der Waals surface area (Å²) < 4.78 is 0. The minimum absolute atomic E-state index is 0.178. The van der Waals surface area contributed by atoms with Crippen LogP contribution in [0, 0.1) is 11.8 Å². The second kappa shape index (κ2) is 8.20. The molecule has 1 amide bonds. The lowest BCUT2D eigenvalue weighted by Gasteiger charge is -2.33. The van der Waals surface area contributed by atoms with Gasteiger partial charge in [0.05, 0.1) is 17.2 Å². The first-order chi connectivity index (χ1) is 14.0. The molecule has 0 radical (unpaired) electrons. The van der Waals surface area contributed by atoms with Crippen molar-refractivity contribution in [3.63, 3.8) is 0 Å². The van der Waals surface area contributed by atoms with Crippen LogP contribution in [0.15, 0.2) is 54.7 Å². The van der Waals surface area contributed by atoms with Crippen molar-refractivity contribution in [3.8, 4) is 11.8 Å². The first kappa shape index (κ1) is 19.4. The van der Waals surface area contributed by atoms with Gasteiger partial charge in [-0.1, -0.05) is 41.6 Å². The zero-order chi connectivity index (χ0) is 20.3. The number of para-hydroxylation sites is 2. The number of hydrogen-bond donors (Lipinski definition) is 2. The van der Waals surface area contributed by atoms with Crippen molar-refractivity contribution in [1.29, 1.82) is 0 Å². The van der Waals surface area contributed by atoms with Crippen molar-refractivity contribution in [2.24, 2.45) is 0 Å². The van der Waals surface area contributed by atoms with E-state index in [0.717, 1.165) is 23.9 Å². The monoisotopic (exact) mass is 405 g/mol. The van der Waals surface area contributed by atoms with Gasteiger partial charge in [-0.15, -0.1) is 0 Å². The molecule has 1 fully saturated rings. The number of nitrogens with one attached hydrogen (secondary N) is 1. The minimum Gasteiger partial charge on any atom is -0.378 e. The van der Waals surface area contributed by atoms with Gasteiger partial charge >= 0.3 is 0 Å². The Hall–Kier alpha value is -2.94. The number of amides is 1. The summed E-state index contributed by atoms with van der Waals surface area (Å²) in [5.74, 6) is 5.69. The molecule has 0 saturated heterocycles. The van der Waals surface area contributed by atoms with Gasteiger partial charge in [0.1, 0.15) is 11.3 Å². The lowest BCUT2D eigenvalue weighted by atomic mass is 9.82. The van der Waals surface area contributed by atoms with Gasteiger partial charge in [0.15, 0.2) is 0 Å². The number of aliphatic hydroxyl groups is 1. The summed E-state index contributed by atoms with van der Waals surface area (Å²) in [5, 5.41) is 14.5. The zero-order valence-electron chi connectivity index (χ0n) is 15.7. The van der Waals surface area contributed by atoms with E-state index in [1.54, 1.807) is 12.1 Å². The number of nitrogens with zero attached hydrogens (tertiary/aromatic N) is 2. The lowest BCUT2D eigenvalue weighted by Crippen LogP contribution is -2.45. The van der Waals surface area contributed by atoms with Gasteiger partial charge in [-0.2, -0.15) is 0 Å². The Bertz CT molecular complexity index is 1120. The smallest absolute Gasteiger partial charge is 0.271 e. The summed E-state index contributed by atoms with van der Waals surface area (Å²) >= 11 is 5.99. The number of aromatic nitrogens is 2. The van der Waals surface area contributed by atoms with Crippen molar-refractivity contribution in [1.82, 2.24) is 15.3 Å². The number of carbonyl (C=O) groups is 1. The highest BCUT2D eigenvalue weighted by atomic mass is 35.5. The van der Waals surface area contributed by atoms with Gasteiger partial charge in [0.2, 0.25) is 0 Å². The molecule has 1 aliphatic rings. The topological polar surface area (TPSA) is 75.1 Å². The van der Waals surface area contributed by atoms with Crippen molar-refractivity contribution < 1.29 is 9.90 Å². The molecule has 1 unspecified atom stereocenters. The Labute approximate surface area is 174 Å². The molecule has 146 valence electrons. The molecule has 1 aromatic heterocycles. The Balaban J connectivity index is 1.45. The third kappa shape index (κ3) is 4.73. The van der Waals surface area contributed by atoms with Gasteiger partial charge in [-0.3, -0.25) is 9.78 Å². The molecular weight excluding hydrogens is 386 g/mol. The summed E-state index contributed by atoms with van der Waals surface area (Å²) in [7, 11) is 0. The van der Waals surface area contributed by atoms with Gasteiger partial charge < -0.3 is 10.4 Å². The van der Waals surface area contributed by atoms with Crippen molar-refractivity contribution in [2.45, 2.75) is 37.3 Å². The van der Waals surface area contributed by atoms with E-state index >= 15 is 0 Å². The van der Waals surface area contributed by atoms with Crippen LogP contribution in [0.3, 0.4) is 0 Å². The largest absolute Gasteiger partial charge is 0.378 e. The van der Waals surface area contributed by atoms with Crippen molar-refractivity contribution >= 4 is 28.5 Å². The molecule has 2 atom stereocenters. The van der Waals surface area contributed by atoms with Crippen LogP contribution in [0.5, 0.6) is 0 Å². The van der Waals surface area contributed by atoms with Crippen LogP contribution in [0.4, 0.5) is 0 Å². The average molecular weight is 406 g/mol. The van der Waals surface area contributed by atoms with Crippen LogP contribution in [0.25, 0.3) is 11.0 Å². The van der Waals surface area contributed by atoms with E-state index in [1.165, 1.54) is 6.20 Å². The normalized spacial score (nSPS) is 21.2. The van der Waals surface area contributed by atoms with Gasteiger partial charge in [-0.25, -0.2) is 4.98 Å². The van der Waals surface area contributed by atoms with E-state index in [4.69, 9.17) is 11.6 Å². The molecule has 1 aliphatic carbocycles. The van der Waals surface area contributed by atoms with E-state index in [1.807, 2.05) is 36.4 Å². The SMILES string of the molecule is O=C(N[C@H]1CCCC(O)(C#Cc2cccc(Cl)c2)C1)c1cnc2ccccc2n1. The molecule has 3 aromatic rings. The lowest BCUT2D eigenvalue weighted by molar-refractivity contribution is 0.0451. The highest BCUT2D eigenvalue weighted by Gasteiger charge is 2.33. The van der Waals surface area contributed by atoms with Gasteiger partial charge in [0, 0.05) is 23.0 Å². The number of rotatable bonds is 2. The molecule has 1 heterocycles. The van der Waals surface area contributed by atoms with Gasteiger partial charge in [-0.05, 0) is 49.6 Å². The first-order valence-corrected chi connectivity index (χ1v) is 9.92. The van der Waals surface area contributed by atoms with Crippen molar-refractivity contribution in [2.75, 3.05) is 0 Å². The first-order valence-electron chi connectivity index (χ1n) is 9.55. The van der Waals surface area contributed by atoms with Crippen molar-refractivity contribution in [3.05, 3.63) is 71.0 Å². The molecule has 29 heavy (non-hydrogen) atoms. The van der Waals surface area contributed by atoms with E-state index < -0.39 is 5.60 Å². The van der Waals surface area contributed by atoms with Gasteiger partial charge in [0.25, 0.3) is 5.91 Å². The van der Waals surface area contributed by atoms with Crippen LogP contribution in [-0.2, 0) is 0 Å². The Morgan fingerprint density at radius 1 is 1.21 bits per heavy atom. The molecule has 0 spiro atoms. The molecule has 0 aliphatic heterocycles. The molecule has 5 nitrogen and oxygen atoms in total. The molecular formula is C23H20ClN3O2. The second-order valence-electron chi connectivity index (χ2n) is 7.30. The maximum Gasteiger partial charge on any atom is 0.271 e. The minimum atomic E-state index is -1.15. The summed E-state index contributed by atoms with van der Waals surface area (Å²) in [5.41, 5.74) is 1.29. The van der Waals surface area contributed by atoms with E-state index in [0.29, 0.717) is 23.4 Å². The Kier molecular flexibility index (Phi) is 5.48. The highest BCUT2D eigenvalue weighted by Crippen LogP contribution is 2.28. The molecule has 4 rings (SSSR count). The van der Waals surface area contributed by atoms with Crippen LogP contribution < -0.4 is 5.32 Å². The quantitative estimate of drug-likeness (QED) is 0.637. The molecule has 0 bridgehead atoms. The predicted octanol–water partition coefficient (Wildman–Crippen LogP) is 3.74. The third-order valence-electron chi connectivity index (χ3n) is 5.01. The van der Waals surface area contributed by atoms with E-state index in [2.05, 4.69) is 27.1 Å². The fraction of sp³-hybridized carbons (Fsp3) is 0.261. The maximum absolute atomic E-state index is 12.6. The second-order valence-corrected chi connectivity index (χ2v) is 7.74. The van der Waals surface area contributed by atoms with Crippen LogP contribution in [0.1, 0.15) is 41.7 Å². The number of hydrogen-bond acceptors (Lipinski definition) is 4. The fourth-order valence-corrected chi connectivity index (χ4v) is 3.76. The summed E-state index contributed by atoms with van der Waals surface area (Å²) in [4.78, 5) is 21.3. The zero-order valence-corrected chi connectivity index (χ0v) is 16.5. The molecule has 2 N–H and O–H groups in total. The third-order valence-corrected chi connectivity index (χ3v) is 5.24. The standard InChI is InChI=1S/C23H20ClN3O2/c24-17-6-3-5-16(13-17)10-12-23(29)11-4-7-18(14-23)26-22(28)21-15-25-19-8-1-2-9-20(19)27-21/h1-3,5-6,8-9,13,15,18,29H,4,7,11,14H2,(H,26,28)/t18-,23?/m0/s1. The molecule has 6 heteroatoms. The Morgan fingerprint density at radius 3 is 2.86 bits per heavy atom. The maximum atomic E-state index is 12.6. The van der Waals surface area contributed by atoms with Crippen LogP contribution in [0.2, 0.25) is 5.02 Å². The average Bonchev–Trinajstić information content (AvgIpc) is 2.72. The summed E-state index contributed by atoms with van der Waals surface area (Å²) in [6, 6.07) is 14.5. The molecule has 1 saturated carbocycles. The molecule has 2 aromatic carbocycles. The number of carbonyl (C=O) groups excluding carboxylic acids is 1. The predicted molar refractivity (Wildman–Crippen MR) is 113 cm³/mol. The fourth-order valence-electron chi connectivity index (χ4n) is 3.57. The van der Waals surface area contributed by atoms with Crippen LogP contribution >= 0.6 is 11.6 Å². The summed E-state index contributed by atoms with van der Waals surface area (Å²) in [6.45, 7) is 0. The van der Waals surface area contributed by atoms with E-state index in [-0.39, 0.29) is 17.6 Å². The Morgan fingerprint density at radius 2 is 2.03 bits per heavy atom. The van der Waals surface area contributed by atoms with Crippen LogP contribution in [-0.4, -0.2) is 32.6 Å². The number of fused-ring (bicyclic) bond motifs is 1. The number of benzene rings is 2.